The van der Waals surface area contributed by atoms with Crippen LogP contribution < -0.4 is 21.3 Å². The van der Waals surface area contributed by atoms with Crippen molar-refractivity contribution in [3.63, 3.8) is 0 Å². The fourth-order valence-electron chi connectivity index (χ4n) is 10.1. The van der Waals surface area contributed by atoms with Gasteiger partial charge in [-0.25, -0.2) is 14.4 Å². The Hall–Kier alpha value is -5.86. The molecule has 4 aliphatic rings. The fraction of sp³-hybridized carbons (Fsp3) is 0.438. The van der Waals surface area contributed by atoms with Crippen molar-refractivity contribution in [3.05, 3.63) is 102 Å². The summed E-state index contributed by atoms with van der Waals surface area (Å²) in [7, 11) is 2.11. The second-order valence-electron chi connectivity index (χ2n) is 17.6. The van der Waals surface area contributed by atoms with Crippen molar-refractivity contribution < 1.29 is 18.8 Å². The lowest BCUT2D eigenvalue weighted by molar-refractivity contribution is -0.133. The zero-order valence-corrected chi connectivity index (χ0v) is 35.7. The highest BCUT2D eigenvalue weighted by Crippen LogP contribution is 2.36. The molecule has 62 heavy (non-hydrogen) atoms. The van der Waals surface area contributed by atoms with E-state index in [1.807, 2.05) is 47.6 Å². The van der Waals surface area contributed by atoms with Crippen LogP contribution in [0.2, 0.25) is 0 Å². The van der Waals surface area contributed by atoms with Crippen molar-refractivity contribution >= 4 is 45.9 Å². The summed E-state index contributed by atoms with van der Waals surface area (Å²) in [6, 6.07) is 21.3. The van der Waals surface area contributed by atoms with Gasteiger partial charge in [0.2, 0.25) is 11.8 Å². The molecule has 3 aromatic heterocycles. The molecular weight excluding hydrogens is 784 g/mol. The fourth-order valence-corrected chi connectivity index (χ4v) is 10.1. The van der Waals surface area contributed by atoms with E-state index < -0.39 is 6.04 Å². The van der Waals surface area contributed by atoms with Crippen molar-refractivity contribution in [1.82, 2.24) is 34.6 Å². The third kappa shape index (κ3) is 8.76. The molecule has 0 bridgehead atoms. The number of halogens is 1. The lowest BCUT2D eigenvalue weighted by atomic mass is 9.88. The van der Waals surface area contributed by atoms with E-state index in [4.69, 9.17) is 10.7 Å². The molecule has 0 saturated carbocycles. The average Bonchev–Trinajstić information content (AvgIpc) is 3.64. The number of likely N-dealkylation sites (tertiary alicyclic amines) is 2. The number of fused-ring (bicyclic) bond motifs is 1. The number of amides is 3. The number of anilines is 3. The number of carbonyl (C=O) groups excluding carboxylic acids is 3. The zero-order chi connectivity index (χ0) is 42.9. The summed E-state index contributed by atoms with van der Waals surface area (Å²) in [5.41, 5.74) is 13.4. The highest BCUT2D eigenvalue weighted by molar-refractivity contribution is 6.01. The van der Waals surface area contributed by atoms with Gasteiger partial charge in [0.1, 0.15) is 23.3 Å². The standard InChI is InChI=1S/C48H57FN10O3/c1-31(43-28-39-38(13-18-51-46(39)55(43)2)36-7-11-44(50)52-29-36)57-21-16-34(17-22-57)33-3-5-35(6-4-33)48(62)59-19-14-32(15-20-59)30-56-23-25-58(26-24-56)42-10-8-37(27-40(42)49)53-41-9-12-45(60)54-47(41)61/h3-8,10-11,13,18,27-29,31-32,34,41,53H,9,12,14-17,19-26,30H2,1-2H3,(H2,50,52)(H,54,60,61)/t31?,41-/m1/s1. The monoisotopic (exact) mass is 840 g/mol. The summed E-state index contributed by atoms with van der Waals surface area (Å²) in [6.45, 7) is 9.98. The van der Waals surface area contributed by atoms with Crippen molar-refractivity contribution in [2.75, 3.05) is 74.9 Å². The minimum atomic E-state index is -0.550. The number of carbonyl (C=O) groups is 3. The van der Waals surface area contributed by atoms with Crippen LogP contribution in [0.4, 0.5) is 21.6 Å². The third-order valence-corrected chi connectivity index (χ3v) is 13.9. The molecule has 4 aliphatic heterocycles. The molecule has 3 amide bonds. The molecule has 4 N–H and O–H groups in total. The van der Waals surface area contributed by atoms with E-state index in [2.05, 4.69) is 67.1 Å². The van der Waals surface area contributed by atoms with E-state index in [0.29, 0.717) is 35.4 Å². The van der Waals surface area contributed by atoms with Crippen LogP contribution in [0.1, 0.15) is 79.0 Å². The van der Waals surface area contributed by atoms with Crippen LogP contribution in [-0.2, 0) is 16.6 Å². The Morgan fingerprint density at radius 1 is 0.887 bits per heavy atom. The van der Waals surface area contributed by atoms with Crippen LogP contribution in [0.5, 0.6) is 0 Å². The van der Waals surface area contributed by atoms with Gasteiger partial charge in [0.15, 0.2) is 0 Å². The Morgan fingerprint density at radius 2 is 1.65 bits per heavy atom. The number of aryl methyl sites for hydroxylation is 1. The molecule has 1 unspecified atom stereocenters. The average molecular weight is 841 g/mol. The molecule has 2 atom stereocenters. The van der Waals surface area contributed by atoms with Gasteiger partial charge >= 0.3 is 0 Å². The molecular formula is C48H57FN10O3. The van der Waals surface area contributed by atoms with Gasteiger partial charge in [0.25, 0.3) is 5.91 Å². The van der Waals surface area contributed by atoms with Gasteiger partial charge in [0.05, 0.1) is 5.69 Å². The Kier molecular flexibility index (Phi) is 11.9. The number of piperazine rings is 1. The van der Waals surface area contributed by atoms with E-state index in [9.17, 15) is 14.4 Å². The highest BCUT2D eigenvalue weighted by atomic mass is 19.1. The molecule has 14 heteroatoms. The highest BCUT2D eigenvalue weighted by Gasteiger charge is 2.30. The number of rotatable bonds is 10. The van der Waals surface area contributed by atoms with E-state index in [1.165, 1.54) is 17.3 Å². The topological polar surface area (TPSA) is 145 Å². The predicted octanol–water partition coefficient (Wildman–Crippen LogP) is 6.19. The largest absolute Gasteiger partial charge is 0.384 e. The smallest absolute Gasteiger partial charge is 0.253 e. The Morgan fingerprint density at radius 3 is 2.34 bits per heavy atom. The minimum Gasteiger partial charge on any atom is -0.384 e. The number of nitrogen functional groups attached to an aromatic ring is 1. The zero-order valence-electron chi connectivity index (χ0n) is 35.7. The van der Waals surface area contributed by atoms with Crippen LogP contribution in [0.3, 0.4) is 0 Å². The summed E-state index contributed by atoms with van der Waals surface area (Å²) in [6.07, 6.45) is 8.45. The maximum atomic E-state index is 15.2. The van der Waals surface area contributed by atoms with E-state index in [0.717, 1.165) is 112 Å². The number of hydrogen-bond donors (Lipinski definition) is 3. The number of nitrogens with zero attached hydrogens (tertiary/aromatic N) is 7. The summed E-state index contributed by atoms with van der Waals surface area (Å²) in [5, 5.41) is 6.51. The molecule has 2 aromatic carbocycles. The van der Waals surface area contributed by atoms with Crippen LogP contribution >= 0.6 is 0 Å². The van der Waals surface area contributed by atoms with Gasteiger partial charge in [-0.05, 0) is 130 Å². The van der Waals surface area contributed by atoms with Crippen molar-refractivity contribution in [2.45, 2.75) is 63.5 Å². The molecule has 4 saturated heterocycles. The summed E-state index contributed by atoms with van der Waals surface area (Å²) in [4.78, 5) is 55.4. The summed E-state index contributed by atoms with van der Waals surface area (Å²) < 4.78 is 17.5. The SMILES string of the molecule is CC(c1cc2c(-c3ccc(N)nc3)ccnc2n1C)N1CCC(c2ccc(C(=O)N3CCC(CN4CCN(c5ccc(N[C@@H]6CCC(=O)NC6=O)cc5F)CC4)CC3)cc2)CC1. The van der Waals surface area contributed by atoms with E-state index in [1.54, 1.807) is 12.1 Å². The normalized spacial score (nSPS) is 20.4. The molecule has 0 aliphatic carbocycles. The molecule has 4 fully saturated rings. The quantitative estimate of drug-likeness (QED) is 0.139. The van der Waals surface area contributed by atoms with Crippen molar-refractivity contribution in [1.29, 1.82) is 0 Å². The van der Waals surface area contributed by atoms with Gasteiger partial charge < -0.3 is 25.4 Å². The number of benzene rings is 2. The van der Waals surface area contributed by atoms with Crippen LogP contribution in [-0.4, -0.2) is 112 Å². The number of imide groups is 1. The molecule has 5 aromatic rings. The number of pyridine rings is 2. The molecule has 324 valence electrons. The molecule has 0 radical (unpaired) electrons. The number of nitrogens with two attached hydrogens (primary N) is 1. The van der Waals surface area contributed by atoms with Gasteiger partial charge in [-0.15, -0.1) is 0 Å². The molecule has 0 spiro atoms. The van der Waals surface area contributed by atoms with Gasteiger partial charge in [-0.1, -0.05) is 12.1 Å². The maximum absolute atomic E-state index is 15.2. The van der Waals surface area contributed by atoms with Crippen LogP contribution in [0, 0.1) is 11.7 Å². The van der Waals surface area contributed by atoms with Crippen LogP contribution in [0.25, 0.3) is 22.2 Å². The first-order chi connectivity index (χ1) is 30.1. The van der Waals surface area contributed by atoms with E-state index in [-0.39, 0.29) is 36.0 Å². The van der Waals surface area contributed by atoms with Gasteiger partial charge in [-0.2, -0.15) is 0 Å². The Balaban J connectivity index is 0.716. The number of piperidine rings is 3. The second-order valence-corrected chi connectivity index (χ2v) is 17.6. The van der Waals surface area contributed by atoms with Gasteiger partial charge in [0, 0.05) is 106 Å². The first kappa shape index (κ1) is 41.5. The van der Waals surface area contributed by atoms with E-state index >= 15 is 4.39 Å². The minimum absolute atomic E-state index is 0.118. The third-order valence-electron chi connectivity index (χ3n) is 13.9. The number of nitrogens with one attached hydrogen (secondary N) is 2. The lowest BCUT2D eigenvalue weighted by Crippen LogP contribution is -2.49. The van der Waals surface area contributed by atoms with Crippen LogP contribution in [0.15, 0.2) is 79.1 Å². The Bertz CT molecular complexity index is 2410. The van der Waals surface area contributed by atoms with Crippen molar-refractivity contribution in [2.24, 2.45) is 13.0 Å². The Labute approximate surface area is 362 Å². The second kappa shape index (κ2) is 17.9. The first-order valence-corrected chi connectivity index (χ1v) is 22.2. The molecule has 9 rings (SSSR count). The number of hydrogen-bond acceptors (Lipinski definition) is 10. The predicted molar refractivity (Wildman–Crippen MR) is 240 cm³/mol. The maximum Gasteiger partial charge on any atom is 0.253 e. The molecule has 7 heterocycles. The first-order valence-electron chi connectivity index (χ1n) is 22.2. The summed E-state index contributed by atoms with van der Waals surface area (Å²) >= 11 is 0. The summed E-state index contributed by atoms with van der Waals surface area (Å²) in [5.74, 6) is 0.641. The van der Waals surface area contributed by atoms with Crippen molar-refractivity contribution in [3.8, 4) is 11.1 Å². The molecule has 13 nitrogen and oxygen atoms in total. The number of aromatic nitrogens is 3. The van der Waals surface area contributed by atoms with Gasteiger partial charge in [-0.3, -0.25) is 29.5 Å². The lowest BCUT2D eigenvalue weighted by Gasteiger charge is -2.39.